The van der Waals surface area contributed by atoms with Crippen molar-refractivity contribution < 1.29 is 9.53 Å². The van der Waals surface area contributed by atoms with Gasteiger partial charge in [-0.25, -0.2) is 4.79 Å². The number of amides is 2. The number of ether oxygens (including phenoxy) is 1. The second-order valence-corrected chi connectivity index (χ2v) is 4.08. The summed E-state index contributed by atoms with van der Waals surface area (Å²) in [5.74, 6) is 1.70. The number of nitrogens with one attached hydrogen (secondary N) is 1. The van der Waals surface area contributed by atoms with E-state index in [0.29, 0.717) is 0 Å². The van der Waals surface area contributed by atoms with Gasteiger partial charge in [-0.2, -0.15) is 0 Å². The molecule has 2 amide bonds. The van der Waals surface area contributed by atoms with Crippen LogP contribution < -0.4 is 15.2 Å². The van der Waals surface area contributed by atoms with Gasteiger partial charge in [0.05, 0.1) is 6.61 Å². The van der Waals surface area contributed by atoms with Crippen LogP contribution in [0.25, 0.3) is 0 Å². The fourth-order valence-corrected chi connectivity index (χ4v) is 2.08. The van der Waals surface area contributed by atoms with Gasteiger partial charge >= 0.3 is 6.03 Å². The number of nitrogens with two attached hydrogens (primary N) is 1. The first-order valence-electron chi connectivity index (χ1n) is 4.67. The Morgan fingerprint density at radius 2 is 2.47 bits per heavy atom. The average Bonchev–Trinajstić information content (AvgIpc) is 2.64. The third-order valence-electron chi connectivity index (χ3n) is 2.17. The van der Waals surface area contributed by atoms with Crippen molar-refractivity contribution in [1.29, 1.82) is 0 Å². The molecule has 0 atom stereocenters. The largest absolute Gasteiger partial charge is 0.493 e. The highest BCUT2D eigenvalue weighted by Crippen LogP contribution is 2.26. The number of hydrogen-bond acceptors (Lipinski definition) is 3. The standard InChI is InChI=1S/C10H12N2O2S/c11-10(13)12-15-6-7-1-2-9-8(5-7)3-4-14-9/h1-2,5H,3-4,6H2,(H3,11,12,13). The SMILES string of the molecule is NC(=O)NSCc1ccc2c(c1)CCO2. The van der Waals surface area contributed by atoms with Gasteiger partial charge in [-0.3, -0.25) is 4.72 Å². The minimum absolute atomic E-state index is 0.510. The molecular formula is C10H12N2O2S. The molecule has 3 N–H and O–H groups in total. The van der Waals surface area contributed by atoms with E-state index in [1.165, 1.54) is 17.5 Å². The normalized spacial score (nSPS) is 13.1. The van der Waals surface area contributed by atoms with Crippen LogP contribution in [0.15, 0.2) is 18.2 Å². The highest BCUT2D eigenvalue weighted by atomic mass is 32.2. The number of rotatable bonds is 3. The van der Waals surface area contributed by atoms with E-state index in [-0.39, 0.29) is 0 Å². The highest BCUT2D eigenvalue weighted by molar-refractivity contribution is 7.97. The molecule has 15 heavy (non-hydrogen) atoms. The van der Waals surface area contributed by atoms with Gasteiger partial charge in [-0.1, -0.05) is 12.1 Å². The van der Waals surface area contributed by atoms with Crippen LogP contribution in [0.4, 0.5) is 4.79 Å². The van der Waals surface area contributed by atoms with Crippen molar-refractivity contribution in [3.8, 4) is 5.75 Å². The van der Waals surface area contributed by atoms with E-state index < -0.39 is 6.03 Å². The Morgan fingerprint density at radius 3 is 3.27 bits per heavy atom. The molecular weight excluding hydrogens is 212 g/mol. The lowest BCUT2D eigenvalue weighted by Crippen LogP contribution is -2.22. The fraction of sp³-hybridized carbons (Fsp3) is 0.300. The van der Waals surface area contributed by atoms with Gasteiger partial charge in [0, 0.05) is 12.2 Å². The third kappa shape index (κ3) is 2.56. The molecule has 1 aliphatic heterocycles. The second kappa shape index (κ2) is 4.44. The third-order valence-corrected chi connectivity index (χ3v) is 2.99. The van der Waals surface area contributed by atoms with Crippen molar-refractivity contribution in [2.24, 2.45) is 5.73 Å². The Balaban J connectivity index is 1.95. The number of carbonyl (C=O) groups excluding carboxylic acids is 1. The summed E-state index contributed by atoms with van der Waals surface area (Å²) in [6, 6.07) is 5.57. The molecule has 0 bridgehead atoms. The number of hydrogen-bond donors (Lipinski definition) is 2. The monoisotopic (exact) mass is 224 g/mol. The first-order chi connectivity index (χ1) is 7.25. The van der Waals surface area contributed by atoms with Crippen molar-refractivity contribution in [1.82, 2.24) is 4.72 Å². The van der Waals surface area contributed by atoms with Gasteiger partial charge in [0.25, 0.3) is 0 Å². The summed E-state index contributed by atoms with van der Waals surface area (Å²) in [5, 5.41) is 0. The summed E-state index contributed by atoms with van der Waals surface area (Å²) >= 11 is 1.29. The van der Waals surface area contributed by atoms with Crippen LogP contribution in [-0.2, 0) is 12.2 Å². The van der Waals surface area contributed by atoms with E-state index in [1.807, 2.05) is 12.1 Å². The Kier molecular flexibility index (Phi) is 3.01. The van der Waals surface area contributed by atoms with E-state index >= 15 is 0 Å². The molecule has 0 unspecified atom stereocenters. The lowest BCUT2D eigenvalue weighted by atomic mass is 10.1. The zero-order valence-electron chi connectivity index (χ0n) is 8.16. The molecule has 0 fully saturated rings. The van der Waals surface area contributed by atoms with Gasteiger partial charge in [0.2, 0.25) is 0 Å². The Bertz CT molecular complexity index is 382. The molecule has 1 aromatic carbocycles. The molecule has 4 nitrogen and oxygen atoms in total. The molecule has 0 saturated heterocycles. The molecule has 0 aliphatic carbocycles. The molecule has 1 heterocycles. The number of carbonyl (C=O) groups is 1. The van der Waals surface area contributed by atoms with E-state index in [0.717, 1.165) is 30.1 Å². The van der Waals surface area contributed by atoms with E-state index in [4.69, 9.17) is 10.5 Å². The first-order valence-corrected chi connectivity index (χ1v) is 5.66. The van der Waals surface area contributed by atoms with Crippen LogP contribution in [0.2, 0.25) is 0 Å². The van der Waals surface area contributed by atoms with Gasteiger partial charge in [-0.15, -0.1) is 0 Å². The molecule has 1 aliphatic rings. The van der Waals surface area contributed by atoms with Crippen molar-refractivity contribution in [3.63, 3.8) is 0 Å². The fourth-order valence-electron chi connectivity index (χ4n) is 1.52. The van der Waals surface area contributed by atoms with Crippen LogP contribution >= 0.6 is 11.9 Å². The molecule has 80 valence electrons. The number of urea groups is 1. The van der Waals surface area contributed by atoms with Crippen LogP contribution in [0, 0.1) is 0 Å². The van der Waals surface area contributed by atoms with Crippen LogP contribution in [-0.4, -0.2) is 12.6 Å². The van der Waals surface area contributed by atoms with E-state index in [1.54, 1.807) is 0 Å². The maximum Gasteiger partial charge on any atom is 0.322 e. The Hall–Kier alpha value is -1.36. The first kappa shape index (κ1) is 10.2. The number of fused-ring (bicyclic) bond motifs is 1. The Morgan fingerprint density at radius 1 is 1.60 bits per heavy atom. The molecule has 2 rings (SSSR count). The smallest absolute Gasteiger partial charge is 0.322 e. The molecule has 0 spiro atoms. The lowest BCUT2D eigenvalue weighted by molar-refractivity contribution is 0.254. The van der Waals surface area contributed by atoms with Crippen molar-refractivity contribution in [3.05, 3.63) is 29.3 Å². The highest BCUT2D eigenvalue weighted by Gasteiger charge is 2.11. The topological polar surface area (TPSA) is 64.4 Å². The summed E-state index contributed by atoms with van der Waals surface area (Å²) in [6.07, 6.45) is 0.969. The minimum atomic E-state index is -0.510. The molecule has 0 radical (unpaired) electrons. The zero-order chi connectivity index (χ0) is 10.7. The molecule has 0 aromatic heterocycles. The molecule has 0 saturated carbocycles. The molecule has 1 aromatic rings. The van der Waals surface area contributed by atoms with Crippen molar-refractivity contribution in [2.75, 3.05) is 6.61 Å². The van der Waals surface area contributed by atoms with Gasteiger partial charge in [0.15, 0.2) is 0 Å². The van der Waals surface area contributed by atoms with Gasteiger partial charge in [0.1, 0.15) is 5.75 Å². The van der Waals surface area contributed by atoms with Crippen LogP contribution in [0.1, 0.15) is 11.1 Å². The summed E-state index contributed by atoms with van der Waals surface area (Å²) < 4.78 is 7.89. The van der Waals surface area contributed by atoms with Gasteiger partial charge in [-0.05, 0) is 29.1 Å². The van der Waals surface area contributed by atoms with E-state index in [9.17, 15) is 4.79 Å². The lowest BCUT2D eigenvalue weighted by Gasteiger charge is -2.03. The maximum atomic E-state index is 10.4. The summed E-state index contributed by atoms with van der Waals surface area (Å²) in [7, 11) is 0. The minimum Gasteiger partial charge on any atom is -0.493 e. The predicted octanol–water partition coefficient (Wildman–Crippen LogP) is 1.44. The average molecular weight is 224 g/mol. The van der Waals surface area contributed by atoms with Crippen molar-refractivity contribution >= 4 is 18.0 Å². The van der Waals surface area contributed by atoms with E-state index in [2.05, 4.69) is 10.8 Å². The summed E-state index contributed by atoms with van der Waals surface area (Å²) in [4.78, 5) is 10.4. The number of benzene rings is 1. The summed E-state index contributed by atoms with van der Waals surface area (Å²) in [5.41, 5.74) is 7.36. The quantitative estimate of drug-likeness (QED) is 0.763. The predicted molar refractivity (Wildman–Crippen MR) is 59.7 cm³/mol. The zero-order valence-corrected chi connectivity index (χ0v) is 8.97. The van der Waals surface area contributed by atoms with Gasteiger partial charge < -0.3 is 10.5 Å². The van der Waals surface area contributed by atoms with Crippen molar-refractivity contribution in [2.45, 2.75) is 12.2 Å². The number of primary amides is 1. The summed E-state index contributed by atoms with van der Waals surface area (Å²) in [6.45, 7) is 0.769. The second-order valence-electron chi connectivity index (χ2n) is 3.30. The van der Waals surface area contributed by atoms with Crippen LogP contribution in [0.3, 0.4) is 0 Å². The van der Waals surface area contributed by atoms with Crippen LogP contribution in [0.5, 0.6) is 5.75 Å². The Labute approximate surface area is 92.3 Å². The maximum absolute atomic E-state index is 10.4. The molecule has 5 heteroatoms.